The molecule has 0 saturated carbocycles. The summed E-state index contributed by atoms with van der Waals surface area (Å²) in [5.74, 6) is 0.786. The van der Waals surface area contributed by atoms with E-state index in [0.717, 1.165) is 5.82 Å². The average Bonchev–Trinajstić information content (AvgIpc) is 2.59. The van der Waals surface area contributed by atoms with Crippen LogP contribution >= 0.6 is 11.6 Å². The van der Waals surface area contributed by atoms with Crippen molar-refractivity contribution < 1.29 is 4.74 Å². The van der Waals surface area contributed by atoms with Crippen molar-refractivity contribution >= 4 is 17.2 Å². The lowest BCUT2D eigenvalue weighted by Crippen LogP contribution is -2.01. The number of rotatable bonds is 3. The van der Waals surface area contributed by atoms with Crippen molar-refractivity contribution in [3.05, 3.63) is 23.4 Å². The van der Waals surface area contributed by atoms with E-state index in [9.17, 15) is 0 Å². The topological polar surface area (TPSA) is 52.3 Å². The summed E-state index contributed by atoms with van der Waals surface area (Å²) in [6.07, 6.45) is 3.87. The largest absolute Gasteiger partial charge is 0.384 e. The van der Waals surface area contributed by atoms with Crippen LogP contribution in [-0.2, 0) is 11.2 Å². The molecule has 0 unspecified atom stereocenters. The van der Waals surface area contributed by atoms with Crippen LogP contribution in [0.1, 0.15) is 5.82 Å². The van der Waals surface area contributed by atoms with E-state index in [1.54, 1.807) is 23.9 Å². The van der Waals surface area contributed by atoms with Gasteiger partial charge in [-0.05, 0) is 0 Å². The highest BCUT2D eigenvalue weighted by Gasteiger charge is 2.07. The molecule has 74 valence electrons. The summed E-state index contributed by atoms with van der Waals surface area (Å²) in [6.45, 7) is 0.597. The van der Waals surface area contributed by atoms with Crippen molar-refractivity contribution in [1.29, 1.82) is 0 Å². The van der Waals surface area contributed by atoms with E-state index in [2.05, 4.69) is 15.2 Å². The molecule has 5 nitrogen and oxygen atoms in total. The highest BCUT2D eigenvalue weighted by atomic mass is 35.5. The highest BCUT2D eigenvalue weighted by molar-refractivity contribution is 6.29. The van der Waals surface area contributed by atoms with Crippen molar-refractivity contribution in [3.63, 3.8) is 0 Å². The Morgan fingerprint density at radius 3 is 3.07 bits per heavy atom. The predicted molar refractivity (Wildman–Crippen MR) is 51.4 cm³/mol. The molecular formula is C8H9ClN4O. The number of hydrogen-bond donors (Lipinski definition) is 0. The Morgan fingerprint density at radius 2 is 2.29 bits per heavy atom. The summed E-state index contributed by atoms with van der Waals surface area (Å²) in [5.41, 5.74) is 0.656. The first kappa shape index (κ1) is 9.36. The molecule has 14 heavy (non-hydrogen) atoms. The van der Waals surface area contributed by atoms with Gasteiger partial charge >= 0.3 is 0 Å². The molecule has 6 heteroatoms. The fourth-order valence-electron chi connectivity index (χ4n) is 1.23. The van der Waals surface area contributed by atoms with Crippen LogP contribution in [0.2, 0.25) is 5.15 Å². The molecule has 0 radical (unpaired) electrons. The summed E-state index contributed by atoms with van der Waals surface area (Å²) in [5, 5.41) is 8.46. The summed E-state index contributed by atoms with van der Waals surface area (Å²) >= 11 is 5.96. The fourth-order valence-corrected chi connectivity index (χ4v) is 1.47. The number of nitrogens with zero attached hydrogens (tertiary/aromatic N) is 4. The van der Waals surface area contributed by atoms with Crippen molar-refractivity contribution in [1.82, 2.24) is 19.6 Å². The average molecular weight is 213 g/mol. The second-order valence-electron chi connectivity index (χ2n) is 2.78. The zero-order valence-corrected chi connectivity index (χ0v) is 8.40. The third-order valence-electron chi connectivity index (χ3n) is 1.87. The zero-order chi connectivity index (χ0) is 9.97. The van der Waals surface area contributed by atoms with Gasteiger partial charge in [0.25, 0.3) is 0 Å². The number of methoxy groups -OCH3 is 1. The Bertz CT molecular complexity index is 442. The third-order valence-corrected chi connectivity index (χ3v) is 2.14. The van der Waals surface area contributed by atoms with Gasteiger partial charge in [-0.15, -0.1) is 10.2 Å². The van der Waals surface area contributed by atoms with Gasteiger partial charge in [0.15, 0.2) is 5.65 Å². The minimum atomic E-state index is 0.513. The molecule has 0 amide bonds. The summed E-state index contributed by atoms with van der Waals surface area (Å²) in [7, 11) is 1.65. The van der Waals surface area contributed by atoms with E-state index in [1.807, 2.05) is 0 Å². The van der Waals surface area contributed by atoms with Gasteiger partial charge in [0, 0.05) is 13.5 Å². The van der Waals surface area contributed by atoms with Gasteiger partial charge in [-0.1, -0.05) is 11.6 Å². The van der Waals surface area contributed by atoms with Gasteiger partial charge in [-0.2, -0.15) is 0 Å². The molecule has 0 bridgehead atoms. The maximum atomic E-state index is 5.96. The molecule has 0 aliphatic heterocycles. The molecule has 0 aliphatic rings. The van der Waals surface area contributed by atoms with E-state index in [1.165, 1.54) is 0 Å². The van der Waals surface area contributed by atoms with E-state index < -0.39 is 0 Å². The smallest absolute Gasteiger partial charge is 0.180 e. The number of fused-ring (bicyclic) bond motifs is 1. The van der Waals surface area contributed by atoms with E-state index in [-0.39, 0.29) is 0 Å². The van der Waals surface area contributed by atoms with Crippen LogP contribution in [0.4, 0.5) is 0 Å². The van der Waals surface area contributed by atoms with Gasteiger partial charge in [-0.25, -0.2) is 0 Å². The normalized spacial score (nSPS) is 11.0. The Kier molecular flexibility index (Phi) is 2.60. The maximum absolute atomic E-state index is 5.96. The van der Waals surface area contributed by atoms with Crippen LogP contribution in [-0.4, -0.2) is 33.3 Å². The lowest BCUT2D eigenvalue weighted by Gasteiger charge is -2.00. The van der Waals surface area contributed by atoms with Gasteiger partial charge in [-0.3, -0.25) is 9.38 Å². The van der Waals surface area contributed by atoms with Gasteiger partial charge in [0.05, 0.1) is 19.0 Å². The van der Waals surface area contributed by atoms with Gasteiger partial charge in [0.1, 0.15) is 11.0 Å². The summed E-state index contributed by atoms with van der Waals surface area (Å²) in [4.78, 5) is 3.92. The first-order valence-corrected chi connectivity index (χ1v) is 4.53. The SMILES string of the molecule is COCCc1nnc2cncc(Cl)n12. The predicted octanol–water partition coefficient (Wildman–Crippen LogP) is 0.967. The van der Waals surface area contributed by atoms with Gasteiger partial charge < -0.3 is 4.74 Å². The molecule has 2 aromatic heterocycles. The summed E-state index contributed by atoms with van der Waals surface area (Å²) < 4.78 is 6.72. The molecule has 2 rings (SSSR count). The van der Waals surface area contributed by atoms with Crippen molar-refractivity contribution in [2.75, 3.05) is 13.7 Å². The molecule has 0 spiro atoms. The van der Waals surface area contributed by atoms with Crippen LogP contribution in [0.5, 0.6) is 0 Å². The number of aromatic nitrogens is 4. The number of ether oxygens (including phenoxy) is 1. The van der Waals surface area contributed by atoms with E-state index in [4.69, 9.17) is 16.3 Å². The minimum absolute atomic E-state index is 0.513. The Morgan fingerprint density at radius 1 is 1.43 bits per heavy atom. The van der Waals surface area contributed by atoms with Crippen molar-refractivity contribution in [2.45, 2.75) is 6.42 Å². The van der Waals surface area contributed by atoms with Crippen LogP contribution in [0, 0.1) is 0 Å². The molecule has 0 saturated heterocycles. The minimum Gasteiger partial charge on any atom is -0.384 e. The first-order valence-electron chi connectivity index (χ1n) is 4.15. The number of hydrogen-bond acceptors (Lipinski definition) is 4. The zero-order valence-electron chi connectivity index (χ0n) is 7.64. The molecule has 2 heterocycles. The second-order valence-corrected chi connectivity index (χ2v) is 3.17. The fraction of sp³-hybridized carbons (Fsp3) is 0.375. The molecule has 0 aliphatic carbocycles. The van der Waals surface area contributed by atoms with Crippen molar-refractivity contribution in [3.8, 4) is 0 Å². The monoisotopic (exact) mass is 212 g/mol. The Balaban J connectivity index is 2.45. The standard InChI is InChI=1S/C8H9ClN4O/c1-14-3-2-7-11-12-8-5-10-4-6(9)13(7)8/h4-5H,2-3H2,1H3. The summed E-state index contributed by atoms with van der Waals surface area (Å²) in [6, 6.07) is 0. The maximum Gasteiger partial charge on any atom is 0.180 e. The van der Waals surface area contributed by atoms with E-state index >= 15 is 0 Å². The quantitative estimate of drug-likeness (QED) is 0.761. The Labute approximate surface area is 85.7 Å². The van der Waals surface area contributed by atoms with Crippen LogP contribution in [0.25, 0.3) is 5.65 Å². The van der Waals surface area contributed by atoms with Crippen LogP contribution in [0.15, 0.2) is 12.4 Å². The third kappa shape index (κ3) is 1.56. The first-order chi connectivity index (χ1) is 6.83. The highest BCUT2D eigenvalue weighted by Crippen LogP contribution is 2.11. The molecule has 0 fully saturated rings. The molecule has 0 aromatic carbocycles. The molecule has 0 atom stereocenters. The molecule has 2 aromatic rings. The lowest BCUT2D eigenvalue weighted by atomic mass is 10.4. The van der Waals surface area contributed by atoms with Crippen molar-refractivity contribution in [2.24, 2.45) is 0 Å². The second kappa shape index (κ2) is 3.89. The van der Waals surface area contributed by atoms with Crippen LogP contribution in [0.3, 0.4) is 0 Å². The lowest BCUT2D eigenvalue weighted by molar-refractivity contribution is 0.200. The van der Waals surface area contributed by atoms with E-state index in [0.29, 0.717) is 23.8 Å². The molecular weight excluding hydrogens is 204 g/mol. The molecule has 0 N–H and O–H groups in total. The van der Waals surface area contributed by atoms with Crippen LogP contribution < -0.4 is 0 Å². The number of halogens is 1. The van der Waals surface area contributed by atoms with Gasteiger partial charge in [0.2, 0.25) is 0 Å². The Hall–Kier alpha value is -1.20.